The van der Waals surface area contributed by atoms with E-state index < -0.39 is 0 Å². The van der Waals surface area contributed by atoms with Crippen molar-refractivity contribution in [2.45, 2.75) is 18.9 Å². The van der Waals surface area contributed by atoms with Gasteiger partial charge in [0, 0.05) is 17.4 Å². The summed E-state index contributed by atoms with van der Waals surface area (Å²) in [5.41, 5.74) is 0.849. The van der Waals surface area contributed by atoms with E-state index in [4.69, 9.17) is 8.94 Å². The second-order valence-corrected chi connectivity index (χ2v) is 5.25. The van der Waals surface area contributed by atoms with Crippen LogP contribution in [0.4, 0.5) is 0 Å². The minimum Gasteiger partial charge on any atom is -0.418 e. The molecule has 0 radical (unpaired) electrons. The minimum atomic E-state index is -0.267. The van der Waals surface area contributed by atoms with Crippen molar-refractivity contribution in [1.29, 1.82) is 0 Å². The standard InChI is InChI=1S/C15H13N5O3/c21-15(12-9-16-19-23-12)20-8-4-7-11(20)14-18-17-13(22-14)10-5-2-1-3-6-10/h1-3,5-6,9,11H,4,7-8H2. The zero-order valence-corrected chi connectivity index (χ0v) is 12.1. The summed E-state index contributed by atoms with van der Waals surface area (Å²) in [5, 5.41) is 15.1. The summed E-state index contributed by atoms with van der Waals surface area (Å²) in [6.07, 6.45) is 2.94. The zero-order valence-electron chi connectivity index (χ0n) is 12.1. The van der Waals surface area contributed by atoms with Crippen LogP contribution in [-0.2, 0) is 0 Å². The quantitative estimate of drug-likeness (QED) is 0.730. The Morgan fingerprint density at radius 3 is 2.87 bits per heavy atom. The Bertz CT molecular complexity index is 800. The molecule has 8 heteroatoms. The molecular formula is C15H13N5O3. The highest BCUT2D eigenvalue weighted by Gasteiger charge is 2.35. The molecule has 3 heterocycles. The van der Waals surface area contributed by atoms with Crippen LogP contribution in [0, 0.1) is 0 Å². The third-order valence-corrected chi connectivity index (χ3v) is 3.83. The molecule has 0 spiro atoms. The average molecular weight is 311 g/mol. The van der Waals surface area contributed by atoms with Crippen molar-refractivity contribution in [3.63, 3.8) is 0 Å². The van der Waals surface area contributed by atoms with E-state index in [0.29, 0.717) is 18.3 Å². The number of likely N-dealkylation sites (tertiary alicyclic amines) is 1. The first kappa shape index (κ1) is 13.6. The van der Waals surface area contributed by atoms with Gasteiger partial charge in [0.2, 0.25) is 17.5 Å². The van der Waals surface area contributed by atoms with Crippen molar-refractivity contribution >= 4 is 5.91 Å². The molecule has 116 valence electrons. The topological polar surface area (TPSA) is 98.2 Å². The van der Waals surface area contributed by atoms with Crippen LogP contribution in [0.2, 0.25) is 0 Å². The van der Waals surface area contributed by atoms with Crippen molar-refractivity contribution < 1.29 is 13.7 Å². The molecule has 8 nitrogen and oxygen atoms in total. The highest BCUT2D eigenvalue weighted by Crippen LogP contribution is 2.33. The number of hydrogen-bond donors (Lipinski definition) is 0. The zero-order chi connectivity index (χ0) is 15.6. The molecule has 0 N–H and O–H groups in total. The third kappa shape index (κ3) is 2.48. The molecule has 2 aromatic heterocycles. The van der Waals surface area contributed by atoms with Gasteiger partial charge < -0.3 is 13.8 Å². The lowest BCUT2D eigenvalue weighted by Crippen LogP contribution is -2.30. The molecule has 1 aliphatic rings. The second kappa shape index (κ2) is 5.64. The molecule has 3 aromatic rings. The molecular weight excluding hydrogens is 298 g/mol. The summed E-state index contributed by atoms with van der Waals surface area (Å²) in [6.45, 7) is 0.604. The van der Waals surface area contributed by atoms with E-state index in [1.165, 1.54) is 6.20 Å². The molecule has 4 rings (SSSR count). The summed E-state index contributed by atoms with van der Waals surface area (Å²) < 4.78 is 10.6. The monoisotopic (exact) mass is 311 g/mol. The van der Waals surface area contributed by atoms with Crippen LogP contribution in [0.5, 0.6) is 0 Å². The number of benzene rings is 1. The Kier molecular flexibility index (Phi) is 3.34. The molecule has 1 fully saturated rings. The van der Waals surface area contributed by atoms with E-state index in [1.54, 1.807) is 4.90 Å². The van der Waals surface area contributed by atoms with E-state index in [1.807, 2.05) is 30.3 Å². The summed E-state index contributed by atoms with van der Waals surface area (Å²) in [5.74, 6) is 0.722. The van der Waals surface area contributed by atoms with Crippen molar-refractivity contribution in [2.24, 2.45) is 0 Å². The van der Waals surface area contributed by atoms with E-state index in [0.717, 1.165) is 18.4 Å². The number of carbonyl (C=O) groups excluding carboxylic acids is 1. The van der Waals surface area contributed by atoms with Crippen molar-refractivity contribution in [2.75, 3.05) is 6.54 Å². The van der Waals surface area contributed by atoms with Gasteiger partial charge in [-0.2, -0.15) is 0 Å². The lowest BCUT2D eigenvalue weighted by molar-refractivity contribution is 0.0673. The van der Waals surface area contributed by atoms with Crippen LogP contribution in [0.15, 0.2) is 45.5 Å². The highest BCUT2D eigenvalue weighted by molar-refractivity contribution is 5.91. The van der Waals surface area contributed by atoms with Crippen LogP contribution in [0.25, 0.3) is 11.5 Å². The molecule has 1 amide bonds. The fourth-order valence-electron chi connectivity index (χ4n) is 2.74. The van der Waals surface area contributed by atoms with Gasteiger partial charge in [-0.1, -0.05) is 18.2 Å². The number of aromatic nitrogens is 4. The number of rotatable bonds is 3. The fraction of sp³-hybridized carbons (Fsp3) is 0.267. The predicted octanol–water partition coefficient (Wildman–Crippen LogP) is 2.10. The van der Waals surface area contributed by atoms with E-state index >= 15 is 0 Å². The Hall–Kier alpha value is -3.03. The first-order valence-electron chi connectivity index (χ1n) is 7.30. The molecule has 1 aliphatic heterocycles. The highest BCUT2D eigenvalue weighted by atomic mass is 16.5. The molecule has 0 bridgehead atoms. The molecule has 0 saturated carbocycles. The molecule has 1 atom stereocenters. The smallest absolute Gasteiger partial charge is 0.294 e. The largest absolute Gasteiger partial charge is 0.418 e. The van der Waals surface area contributed by atoms with Crippen LogP contribution in [-0.4, -0.2) is 37.9 Å². The Balaban J connectivity index is 1.60. The molecule has 1 unspecified atom stereocenters. The minimum absolute atomic E-state index is 0.111. The van der Waals surface area contributed by atoms with Gasteiger partial charge in [0.05, 0.1) is 0 Å². The first-order valence-corrected chi connectivity index (χ1v) is 7.30. The fourth-order valence-corrected chi connectivity index (χ4v) is 2.74. The van der Waals surface area contributed by atoms with Gasteiger partial charge in [-0.3, -0.25) is 4.79 Å². The van der Waals surface area contributed by atoms with Crippen LogP contribution >= 0.6 is 0 Å². The average Bonchev–Trinajstić information content (AvgIpc) is 3.35. The number of carbonyl (C=O) groups is 1. The molecule has 1 saturated heterocycles. The lowest BCUT2D eigenvalue weighted by Gasteiger charge is -2.20. The molecule has 0 aliphatic carbocycles. The van der Waals surface area contributed by atoms with Crippen molar-refractivity contribution in [1.82, 2.24) is 25.5 Å². The SMILES string of the molecule is O=C(c1cnno1)N1CCCC1c1nnc(-c2ccccc2)o1. The number of amides is 1. The molecule has 1 aromatic carbocycles. The maximum absolute atomic E-state index is 12.4. The van der Waals surface area contributed by atoms with Gasteiger partial charge >= 0.3 is 0 Å². The number of hydrogen-bond acceptors (Lipinski definition) is 7. The van der Waals surface area contributed by atoms with E-state index in [9.17, 15) is 4.79 Å². The third-order valence-electron chi connectivity index (χ3n) is 3.83. The Morgan fingerprint density at radius 2 is 2.09 bits per heavy atom. The van der Waals surface area contributed by atoms with E-state index in [-0.39, 0.29) is 17.7 Å². The van der Waals surface area contributed by atoms with Gasteiger partial charge in [-0.25, -0.2) is 0 Å². The number of nitrogens with zero attached hydrogens (tertiary/aromatic N) is 5. The summed E-state index contributed by atoms with van der Waals surface area (Å²) >= 11 is 0. The van der Waals surface area contributed by atoms with Gasteiger partial charge in [0.25, 0.3) is 5.91 Å². The summed E-state index contributed by atoms with van der Waals surface area (Å²) in [7, 11) is 0. The van der Waals surface area contributed by atoms with Crippen LogP contribution in [0.3, 0.4) is 0 Å². The van der Waals surface area contributed by atoms with Gasteiger partial charge in [0.15, 0.2) is 0 Å². The maximum atomic E-state index is 12.4. The lowest BCUT2D eigenvalue weighted by atomic mass is 10.2. The van der Waals surface area contributed by atoms with Crippen molar-refractivity contribution in [3.8, 4) is 11.5 Å². The second-order valence-electron chi connectivity index (χ2n) is 5.25. The van der Waals surface area contributed by atoms with Gasteiger partial charge in [-0.05, 0) is 25.0 Å². The maximum Gasteiger partial charge on any atom is 0.294 e. The van der Waals surface area contributed by atoms with Gasteiger partial charge in [0.1, 0.15) is 12.2 Å². The van der Waals surface area contributed by atoms with Gasteiger partial charge in [-0.15, -0.1) is 15.3 Å². The Labute approximate surface area is 131 Å². The predicted molar refractivity (Wildman–Crippen MR) is 77.0 cm³/mol. The van der Waals surface area contributed by atoms with Crippen LogP contribution < -0.4 is 0 Å². The Morgan fingerprint density at radius 1 is 1.22 bits per heavy atom. The summed E-state index contributed by atoms with van der Waals surface area (Å²) in [4.78, 5) is 14.1. The van der Waals surface area contributed by atoms with E-state index in [2.05, 4.69) is 20.6 Å². The van der Waals surface area contributed by atoms with Crippen molar-refractivity contribution in [3.05, 3.63) is 48.2 Å². The normalized spacial score (nSPS) is 17.6. The molecule has 23 heavy (non-hydrogen) atoms. The summed E-state index contributed by atoms with van der Waals surface area (Å²) in [6, 6.07) is 9.27. The van der Waals surface area contributed by atoms with Crippen LogP contribution in [0.1, 0.15) is 35.3 Å². The first-order chi connectivity index (χ1) is 11.3.